The van der Waals surface area contributed by atoms with E-state index in [4.69, 9.17) is 54.8 Å². The molecule has 2 aliphatic heterocycles. The lowest BCUT2D eigenvalue weighted by molar-refractivity contribution is -0.0591. The van der Waals surface area contributed by atoms with Crippen molar-refractivity contribution in [3.8, 4) is 51.8 Å². The maximum Gasteiger partial charge on any atom is 0.337 e. The molecule has 0 spiro atoms. The zero-order valence-electron chi connectivity index (χ0n) is 48.3. The predicted molar refractivity (Wildman–Crippen MR) is 316 cm³/mol. The Morgan fingerprint density at radius 1 is 0.584 bits per heavy atom. The minimum absolute atomic E-state index is 0.00896. The van der Waals surface area contributed by atoms with E-state index < -0.39 is 35.2 Å². The second-order valence-electron chi connectivity index (χ2n) is 20.5. The van der Waals surface area contributed by atoms with Crippen molar-refractivity contribution >= 4 is 45.6 Å². The Hall–Kier alpha value is -10.0. The van der Waals surface area contributed by atoms with Gasteiger partial charge in [-0.05, 0) is 96.8 Å². The summed E-state index contributed by atoms with van der Waals surface area (Å²) in [6.07, 6.45) is 4.69. The van der Waals surface area contributed by atoms with Crippen LogP contribution in [-0.2, 0) is 58.1 Å². The molecule has 0 amide bonds. The molecular formula is C65H54ClF4N9O10. The molecule has 89 heavy (non-hydrogen) atoms. The Morgan fingerprint density at radius 3 is 1.47 bits per heavy atom. The molecule has 0 N–H and O–H groups in total. The molecule has 2 saturated heterocycles. The van der Waals surface area contributed by atoms with Crippen LogP contribution in [0.2, 0.25) is 5.15 Å². The van der Waals surface area contributed by atoms with Crippen molar-refractivity contribution in [1.29, 1.82) is 5.26 Å². The average molecular weight is 1230 g/mol. The van der Waals surface area contributed by atoms with Gasteiger partial charge in [-0.15, -0.1) is 0 Å². The van der Waals surface area contributed by atoms with Gasteiger partial charge < -0.3 is 47.0 Å². The van der Waals surface area contributed by atoms with Crippen LogP contribution < -0.4 is 18.9 Å². The minimum atomic E-state index is -0.660. The number of imidazole rings is 2. The van der Waals surface area contributed by atoms with E-state index in [1.54, 1.807) is 78.9 Å². The lowest BCUT2D eigenvalue weighted by atomic mass is 10.0. The molecule has 0 bridgehead atoms. The number of benzene rings is 4. The van der Waals surface area contributed by atoms with Crippen LogP contribution in [-0.4, -0.2) is 105 Å². The Labute approximate surface area is 511 Å². The van der Waals surface area contributed by atoms with Gasteiger partial charge in [0.1, 0.15) is 76.5 Å². The molecule has 4 aromatic carbocycles. The summed E-state index contributed by atoms with van der Waals surface area (Å²) in [6.45, 7) is 2.35. The first-order valence-electron chi connectivity index (χ1n) is 27.8. The number of esters is 2. The van der Waals surface area contributed by atoms with Crippen LogP contribution in [0.4, 0.5) is 17.6 Å². The highest BCUT2D eigenvalue weighted by Gasteiger charge is 2.27. The van der Waals surface area contributed by atoms with Crippen molar-refractivity contribution in [3.63, 3.8) is 0 Å². The molecule has 454 valence electrons. The molecular weight excluding hydrogens is 1180 g/mol. The van der Waals surface area contributed by atoms with Crippen LogP contribution in [0, 0.1) is 34.6 Å². The van der Waals surface area contributed by atoms with E-state index in [9.17, 15) is 9.59 Å². The number of methoxy groups -OCH3 is 4. The van der Waals surface area contributed by atoms with Crippen LogP contribution >= 0.6 is 11.6 Å². The average Bonchev–Trinajstić information content (AvgIpc) is 1.90. The molecule has 12 rings (SSSR count). The van der Waals surface area contributed by atoms with Gasteiger partial charge >= 0.3 is 11.9 Å². The maximum atomic E-state index is 15.6. The minimum Gasteiger partial charge on any atom is -0.496 e. The van der Waals surface area contributed by atoms with Gasteiger partial charge in [0.2, 0.25) is 11.8 Å². The van der Waals surface area contributed by atoms with E-state index in [2.05, 4.69) is 29.9 Å². The number of fused-ring (bicyclic) bond motifs is 2. The van der Waals surface area contributed by atoms with E-state index in [1.165, 1.54) is 46.9 Å². The number of aromatic nitrogens is 8. The summed E-state index contributed by atoms with van der Waals surface area (Å²) < 4.78 is 109. The van der Waals surface area contributed by atoms with Crippen molar-refractivity contribution in [1.82, 2.24) is 39.0 Å². The largest absolute Gasteiger partial charge is 0.496 e. The molecule has 10 aromatic rings. The van der Waals surface area contributed by atoms with E-state index in [0.717, 1.165) is 37.1 Å². The van der Waals surface area contributed by atoms with Crippen molar-refractivity contribution in [2.24, 2.45) is 0 Å². The topological polar surface area (TPSA) is 219 Å². The van der Waals surface area contributed by atoms with Crippen LogP contribution in [0.5, 0.6) is 23.3 Å². The standard InChI is InChI=1S/C33H27F2N5O5.C32H27ClF2N4O5/c1-42-30-13-22(15-36)37-16-21(30)18-45-32-5-3-4-27(39-32)24-14-25(34)20(10-26(24)35)12-31-38-28-7-6-19(33(41)43-2)11-29(28)40(31)17-23-8-9-44-23;1-41-28-14-29(33)36-15-20(28)17-44-31-5-3-4-25(38-31)22-13-23(34)19(10-24(22)35)12-30-37-26-7-6-18(32(40)42-2)11-27(26)39(30)16-21-8-9-43-21/h3-7,10-11,13-14,16,23H,8-9,12,17-18H2,1-2H3;3-7,10-11,13-15,21H,8-9,12,16-17H2,1-2H3/t23-;21-/m00/s1. The smallest absolute Gasteiger partial charge is 0.337 e. The summed E-state index contributed by atoms with van der Waals surface area (Å²) in [5, 5.41) is 9.34. The molecule has 0 saturated carbocycles. The molecule has 2 atom stereocenters. The van der Waals surface area contributed by atoms with Gasteiger partial charge in [0, 0.05) is 85.0 Å². The normalized spacial score (nSPS) is 14.2. The van der Waals surface area contributed by atoms with Crippen LogP contribution in [0.3, 0.4) is 0 Å². The molecule has 2 aliphatic rings. The number of hydrogen-bond acceptors (Lipinski definition) is 17. The van der Waals surface area contributed by atoms with Gasteiger partial charge in [-0.1, -0.05) is 23.7 Å². The fraction of sp³-hybridized carbons (Fsp3) is 0.246. The van der Waals surface area contributed by atoms with Gasteiger partial charge in [0.15, 0.2) is 0 Å². The summed E-state index contributed by atoms with van der Waals surface area (Å²) in [6, 6.07) is 29.2. The van der Waals surface area contributed by atoms with E-state index in [1.807, 2.05) is 15.2 Å². The molecule has 0 unspecified atom stereocenters. The lowest BCUT2D eigenvalue weighted by Crippen LogP contribution is -2.31. The first kappa shape index (κ1) is 60.7. The first-order chi connectivity index (χ1) is 43.2. The molecule has 6 aromatic heterocycles. The molecule has 8 heterocycles. The zero-order valence-corrected chi connectivity index (χ0v) is 49.0. The number of nitrogens with zero attached hydrogens (tertiary/aromatic N) is 9. The van der Waals surface area contributed by atoms with E-state index in [0.29, 0.717) is 93.8 Å². The first-order valence-corrected chi connectivity index (χ1v) is 28.2. The number of pyridine rings is 4. The Balaban J connectivity index is 0.000000184. The number of carbonyl (C=O) groups excluding carboxylic acids is 2. The summed E-state index contributed by atoms with van der Waals surface area (Å²) in [5.74, 6) is -1.15. The molecule has 2 fully saturated rings. The third kappa shape index (κ3) is 13.6. The van der Waals surface area contributed by atoms with Crippen molar-refractivity contribution in [2.75, 3.05) is 41.7 Å². The van der Waals surface area contributed by atoms with Crippen LogP contribution in [0.15, 0.2) is 122 Å². The summed E-state index contributed by atoms with van der Waals surface area (Å²) >= 11 is 5.93. The molecule has 0 radical (unpaired) electrons. The van der Waals surface area contributed by atoms with Crippen LogP contribution in [0.1, 0.15) is 73.2 Å². The Kier molecular flexibility index (Phi) is 18.4. The van der Waals surface area contributed by atoms with Gasteiger partial charge in [-0.3, -0.25) is 0 Å². The van der Waals surface area contributed by atoms with Crippen molar-refractivity contribution in [3.05, 3.63) is 201 Å². The fourth-order valence-electron chi connectivity index (χ4n) is 10.1. The second kappa shape index (κ2) is 26.9. The maximum absolute atomic E-state index is 15.6. The molecule has 24 heteroatoms. The monoisotopic (exact) mass is 1230 g/mol. The second-order valence-corrected chi connectivity index (χ2v) is 20.9. The number of halogens is 5. The number of rotatable bonds is 20. The number of carbonyl (C=O) groups is 2. The van der Waals surface area contributed by atoms with Gasteiger partial charge in [0.05, 0.1) is 98.3 Å². The van der Waals surface area contributed by atoms with Gasteiger partial charge in [-0.2, -0.15) is 5.26 Å². The van der Waals surface area contributed by atoms with E-state index in [-0.39, 0.29) is 94.5 Å². The third-order valence-corrected chi connectivity index (χ3v) is 15.2. The van der Waals surface area contributed by atoms with Gasteiger partial charge in [-0.25, -0.2) is 57.1 Å². The molecule has 19 nitrogen and oxygen atoms in total. The van der Waals surface area contributed by atoms with Crippen molar-refractivity contribution < 1.29 is 65.0 Å². The summed E-state index contributed by atoms with van der Waals surface area (Å²) in [7, 11) is 5.60. The number of nitriles is 1. The Bertz CT molecular complexity index is 4360. The Morgan fingerprint density at radius 2 is 1.04 bits per heavy atom. The summed E-state index contributed by atoms with van der Waals surface area (Å²) in [5.41, 5.74) is 5.34. The SMILES string of the molecule is COC(=O)c1ccc2nc(Cc3cc(F)c(-c4cccc(OCc5cnc(C#N)cc5OC)n4)cc3F)n(C[C@@H]3CCO3)c2c1.COC(=O)c1ccc2nc(Cc3cc(F)c(-c4cccc(OCc5cnc(Cl)cc5OC)n4)cc3F)n(C[C@@H]3CCO3)c2c1. The quantitative estimate of drug-likeness (QED) is 0.0393. The predicted octanol–water partition coefficient (Wildman–Crippen LogP) is 11.6. The third-order valence-electron chi connectivity index (χ3n) is 15.0. The lowest BCUT2D eigenvalue weighted by Gasteiger charge is -2.27. The highest BCUT2D eigenvalue weighted by Crippen LogP contribution is 2.33. The highest BCUT2D eigenvalue weighted by molar-refractivity contribution is 6.29. The van der Waals surface area contributed by atoms with Crippen LogP contribution in [0.25, 0.3) is 44.6 Å². The van der Waals surface area contributed by atoms with E-state index >= 15 is 17.6 Å². The highest BCUT2D eigenvalue weighted by atomic mass is 35.5. The molecule has 0 aliphatic carbocycles. The number of hydrogen-bond donors (Lipinski definition) is 0. The number of ether oxygens (including phenoxy) is 8. The zero-order chi connectivity index (χ0) is 62.3. The van der Waals surface area contributed by atoms with Gasteiger partial charge in [0.25, 0.3) is 0 Å². The summed E-state index contributed by atoms with van der Waals surface area (Å²) in [4.78, 5) is 50.5. The van der Waals surface area contributed by atoms with Crippen molar-refractivity contribution in [2.45, 2.75) is 64.2 Å². The fourth-order valence-corrected chi connectivity index (χ4v) is 10.3.